The van der Waals surface area contributed by atoms with Crippen LogP contribution in [0.1, 0.15) is 32.3 Å². The molecule has 0 fully saturated rings. The molecule has 0 saturated carbocycles. The first kappa shape index (κ1) is 20.2. The summed E-state index contributed by atoms with van der Waals surface area (Å²) in [5.74, 6) is 2.49. The Morgan fingerprint density at radius 3 is 2.70 bits per heavy atom. The third-order valence-corrected chi connectivity index (χ3v) is 5.68. The Balaban J connectivity index is 1.42. The van der Waals surface area contributed by atoms with Gasteiger partial charge in [0.1, 0.15) is 5.69 Å². The Labute approximate surface area is 179 Å². The minimum atomic E-state index is -0.0919. The fraction of sp³-hybridized carbons (Fsp3) is 0.333. The number of hydrogen-bond acceptors (Lipinski definition) is 7. The zero-order valence-electron chi connectivity index (χ0n) is 17.1. The molecular formula is C21H23N5O3S. The van der Waals surface area contributed by atoms with Gasteiger partial charge in [0.05, 0.1) is 11.9 Å². The number of nitrogens with zero attached hydrogens (tertiary/aromatic N) is 4. The van der Waals surface area contributed by atoms with E-state index < -0.39 is 0 Å². The molecule has 1 aromatic carbocycles. The van der Waals surface area contributed by atoms with Crippen LogP contribution in [0.15, 0.2) is 41.7 Å². The number of carbonyl (C=O) groups is 1. The fourth-order valence-electron chi connectivity index (χ4n) is 3.07. The van der Waals surface area contributed by atoms with E-state index in [0.29, 0.717) is 40.6 Å². The number of anilines is 1. The predicted octanol–water partition coefficient (Wildman–Crippen LogP) is 3.94. The molecule has 0 spiro atoms. The number of nitrogens with one attached hydrogen (secondary N) is 1. The zero-order chi connectivity index (χ0) is 21.1. The summed E-state index contributed by atoms with van der Waals surface area (Å²) in [7, 11) is 0. The number of aromatic nitrogens is 4. The zero-order valence-corrected chi connectivity index (χ0v) is 17.9. The molecule has 1 aliphatic heterocycles. The van der Waals surface area contributed by atoms with Crippen LogP contribution in [-0.2, 0) is 11.3 Å². The van der Waals surface area contributed by atoms with Gasteiger partial charge in [-0.05, 0) is 30.5 Å². The molecular weight excluding hydrogens is 402 g/mol. The van der Waals surface area contributed by atoms with Gasteiger partial charge >= 0.3 is 0 Å². The molecule has 0 unspecified atom stereocenters. The van der Waals surface area contributed by atoms with Crippen molar-refractivity contribution in [3.63, 3.8) is 0 Å². The summed E-state index contributed by atoms with van der Waals surface area (Å²) in [5, 5.41) is 12.1. The molecule has 156 valence electrons. The molecule has 4 rings (SSSR count). The first-order valence-electron chi connectivity index (χ1n) is 9.77. The van der Waals surface area contributed by atoms with E-state index in [4.69, 9.17) is 9.47 Å². The summed E-state index contributed by atoms with van der Waals surface area (Å²) in [5.41, 5.74) is 2.67. The second kappa shape index (κ2) is 8.74. The normalized spacial score (nSPS) is 12.4. The number of ether oxygens (including phenoxy) is 2. The van der Waals surface area contributed by atoms with E-state index in [1.807, 2.05) is 35.8 Å². The van der Waals surface area contributed by atoms with Gasteiger partial charge in [0.25, 0.3) is 0 Å². The smallest absolute Gasteiger partial charge is 0.234 e. The number of benzene rings is 1. The average Bonchev–Trinajstić information content (AvgIpc) is 3.38. The Kier molecular flexibility index (Phi) is 5.89. The highest BCUT2D eigenvalue weighted by atomic mass is 32.2. The van der Waals surface area contributed by atoms with E-state index in [0.717, 1.165) is 5.69 Å². The van der Waals surface area contributed by atoms with Crippen molar-refractivity contribution in [2.75, 3.05) is 17.9 Å². The molecule has 1 N–H and O–H groups in total. The van der Waals surface area contributed by atoms with Crippen LogP contribution in [0.25, 0.3) is 11.5 Å². The molecule has 2 aromatic heterocycles. The highest BCUT2D eigenvalue weighted by Crippen LogP contribution is 2.34. The maximum absolute atomic E-state index is 12.4. The lowest BCUT2D eigenvalue weighted by atomic mass is 10.0. The second-order valence-corrected chi connectivity index (χ2v) is 8.03. The van der Waals surface area contributed by atoms with Gasteiger partial charge in [0, 0.05) is 18.3 Å². The molecule has 3 aromatic rings. The van der Waals surface area contributed by atoms with Crippen LogP contribution >= 0.6 is 11.8 Å². The Bertz CT molecular complexity index is 1050. The summed E-state index contributed by atoms with van der Waals surface area (Å²) in [6, 6.07) is 9.71. The molecule has 9 heteroatoms. The number of pyridine rings is 1. The first-order chi connectivity index (χ1) is 14.5. The highest BCUT2D eigenvalue weighted by molar-refractivity contribution is 7.99. The van der Waals surface area contributed by atoms with Crippen LogP contribution in [0, 0.1) is 0 Å². The molecule has 0 saturated heterocycles. The molecule has 0 aliphatic carbocycles. The van der Waals surface area contributed by atoms with Crippen molar-refractivity contribution in [3.8, 4) is 23.0 Å². The third-order valence-electron chi connectivity index (χ3n) is 4.72. The fourth-order valence-corrected chi connectivity index (χ4v) is 3.88. The average molecular weight is 426 g/mol. The lowest BCUT2D eigenvalue weighted by Gasteiger charge is -2.09. The summed E-state index contributed by atoms with van der Waals surface area (Å²) in [6.45, 7) is 7.12. The third kappa shape index (κ3) is 4.25. The topological polar surface area (TPSA) is 91.2 Å². The first-order valence-corrected chi connectivity index (χ1v) is 10.8. The van der Waals surface area contributed by atoms with E-state index >= 15 is 0 Å². The summed E-state index contributed by atoms with van der Waals surface area (Å²) < 4.78 is 12.7. The number of rotatable bonds is 7. The van der Waals surface area contributed by atoms with Gasteiger partial charge in [0.15, 0.2) is 22.5 Å². The Morgan fingerprint density at radius 2 is 1.97 bits per heavy atom. The number of carbonyl (C=O) groups excluding carboxylic acids is 1. The quantitative estimate of drug-likeness (QED) is 0.573. The van der Waals surface area contributed by atoms with Crippen molar-refractivity contribution in [1.82, 2.24) is 19.7 Å². The van der Waals surface area contributed by atoms with Gasteiger partial charge in [-0.15, -0.1) is 10.2 Å². The van der Waals surface area contributed by atoms with E-state index in [-0.39, 0.29) is 18.5 Å². The Hall–Kier alpha value is -3.07. The van der Waals surface area contributed by atoms with E-state index in [9.17, 15) is 4.79 Å². The molecule has 0 radical (unpaired) electrons. The van der Waals surface area contributed by atoms with Gasteiger partial charge in [-0.1, -0.05) is 37.7 Å². The van der Waals surface area contributed by atoms with Crippen molar-refractivity contribution < 1.29 is 14.3 Å². The summed E-state index contributed by atoms with van der Waals surface area (Å²) in [4.78, 5) is 16.8. The SMILES string of the molecule is CCn1c(SCC(=O)Nc2ccc(C(C)C)cc2)nnc1-c1cc2c(cn1)OCO2. The Morgan fingerprint density at radius 1 is 1.20 bits per heavy atom. The van der Waals surface area contributed by atoms with Crippen LogP contribution in [-0.4, -0.2) is 38.2 Å². The number of thioether (sulfide) groups is 1. The van der Waals surface area contributed by atoms with Gasteiger partial charge in [-0.3, -0.25) is 4.79 Å². The minimum absolute atomic E-state index is 0.0919. The summed E-state index contributed by atoms with van der Waals surface area (Å²) >= 11 is 1.34. The standard InChI is InChI=1S/C21H23N5O3S/c1-4-26-20(16-9-17-18(10-22-16)29-12-28-17)24-25-21(26)30-11-19(27)23-15-7-5-14(6-8-15)13(2)3/h5-10,13H,4,11-12H2,1-3H3,(H,23,27). The number of hydrogen-bond donors (Lipinski definition) is 1. The van der Waals surface area contributed by atoms with Gasteiger partial charge in [-0.25, -0.2) is 4.98 Å². The van der Waals surface area contributed by atoms with E-state index in [1.165, 1.54) is 17.3 Å². The van der Waals surface area contributed by atoms with Gasteiger partial charge in [-0.2, -0.15) is 0 Å². The summed E-state index contributed by atoms with van der Waals surface area (Å²) in [6.07, 6.45) is 1.62. The van der Waals surface area contributed by atoms with Crippen molar-refractivity contribution in [2.24, 2.45) is 0 Å². The highest BCUT2D eigenvalue weighted by Gasteiger charge is 2.20. The monoisotopic (exact) mass is 425 g/mol. The van der Waals surface area contributed by atoms with E-state index in [1.54, 1.807) is 12.3 Å². The van der Waals surface area contributed by atoms with Crippen molar-refractivity contribution in [3.05, 3.63) is 42.1 Å². The van der Waals surface area contributed by atoms with Crippen LogP contribution in [0.4, 0.5) is 5.69 Å². The largest absolute Gasteiger partial charge is 0.453 e. The van der Waals surface area contributed by atoms with Crippen LogP contribution in [0.3, 0.4) is 0 Å². The van der Waals surface area contributed by atoms with Crippen LogP contribution < -0.4 is 14.8 Å². The van der Waals surface area contributed by atoms with Crippen molar-refractivity contribution >= 4 is 23.4 Å². The maximum atomic E-state index is 12.4. The van der Waals surface area contributed by atoms with Gasteiger partial charge < -0.3 is 19.4 Å². The van der Waals surface area contributed by atoms with Crippen LogP contribution in [0.5, 0.6) is 11.5 Å². The second-order valence-electron chi connectivity index (χ2n) is 7.09. The molecule has 0 bridgehead atoms. The van der Waals surface area contributed by atoms with Gasteiger partial charge in [0.2, 0.25) is 12.7 Å². The molecule has 1 aliphatic rings. The van der Waals surface area contributed by atoms with Crippen molar-refractivity contribution in [2.45, 2.75) is 38.4 Å². The predicted molar refractivity (Wildman–Crippen MR) is 115 cm³/mol. The lowest BCUT2D eigenvalue weighted by molar-refractivity contribution is -0.113. The van der Waals surface area contributed by atoms with Crippen LogP contribution in [0.2, 0.25) is 0 Å². The minimum Gasteiger partial charge on any atom is -0.453 e. The number of amides is 1. The molecule has 0 atom stereocenters. The lowest BCUT2D eigenvalue weighted by Crippen LogP contribution is -2.14. The number of fused-ring (bicyclic) bond motifs is 1. The molecule has 30 heavy (non-hydrogen) atoms. The van der Waals surface area contributed by atoms with Crippen molar-refractivity contribution in [1.29, 1.82) is 0 Å². The molecule has 3 heterocycles. The maximum Gasteiger partial charge on any atom is 0.234 e. The molecule has 8 nitrogen and oxygen atoms in total. The van der Waals surface area contributed by atoms with E-state index in [2.05, 4.69) is 34.3 Å². The molecule has 1 amide bonds.